The number of hydrogen-bond donors (Lipinski definition) is 1. The maximum absolute atomic E-state index is 11.8. The zero-order chi connectivity index (χ0) is 13.4. The normalized spacial score (nSPS) is 11.1. The van der Waals surface area contributed by atoms with Gasteiger partial charge in [0.25, 0.3) is 0 Å². The third kappa shape index (κ3) is 6.64. The molecule has 6 heteroatoms. The number of halogens is 3. The number of ether oxygens (including phenoxy) is 1. The minimum Gasteiger partial charge on any atom is -0.395 e. The summed E-state index contributed by atoms with van der Waals surface area (Å²) in [6.07, 6.45) is -4.69. The molecule has 0 aliphatic rings. The quantitative estimate of drug-likeness (QED) is 0.663. The Morgan fingerprint density at radius 2 is 2.17 bits per heavy atom. The summed E-state index contributed by atoms with van der Waals surface area (Å²) in [5.74, 6) is 5.61. The monoisotopic (exact) mass is 278 g/mol. The Balaban J connectivity index is 2.30. The van der Waals surface area contributed by atoms with Gasteiger partial charge in [0, 0.05) is 22.2 Å². The van der Waals surface area contributed by atoms with Gasteiger partial charge in [-0.25, -0.2) is 0 Å². The number of thiophene rings is 1. The SMILES string of the molecule is OCCC#Cc1csc(COCCC(F)(F)F)c1. The van der Waals surface area contributed by atoms with E-state index in [2.05, 4.69) is 11.8 Å². The minimum atomic E-state index is -4.17. The zero-order valence-electron chi connectivity index (χ0n) is 9.59. The number of hydrogen-bond acceptors (Lipinski definition) is 3. The van der Waals surface area contributed by atoms with Crippen molar-refractivity contribution in [3.05, 3.63) is 21.9 Å². The molecule has 1 N–H and O–H groups in total. The summed E-state index contributed by atoms with van der Waals surface area (Å²) in [7, 11) is 0. The molecule has 1 aromatic rings. The molecule has 0 radical (unpaired) electrons. The van der Waals surface area contributed by atoms with E-state index in [-0.39, 0.29) is 19.8 Å². The second kappa shape index (κ2) is 7.41. The van der Waals surface area contributed by atoms with Crippen LogP contribution in [0.3, 0.4) is 0 Å². The van der Waals surface area contributed by atoms with Crippen molar-refractivity contribution in [1.29, 1.82) is 0 Å². The van der Waals surface area contributed by atoms with Gasteiger partial charge in [-0.3, -0.25) is 0 Å². The molecular weight excluding hydrogens is 265 g/mol. The number of aliphatic hydroxyl groups is 1. The highest BCUT2D eigenvalue weighted by molar-refractivity contribution is 7.10. The second-order valence-electron chi connectivity index (χ2n) is 3.49. The third-order valence-corrected chi connectivity index (χ3v) is 2.81. The fourth-order valence-corrected chi connectivity index (χ4v) is 1.85. The topological polar surface area (TPSA) is 29.5 Å². The van der Waals surface area contributed by atoms with E-state index in [1.165, 1.54) is 11.3 Å². The van der Waals surface area contributed by atoms with Crippen LogP contribution in [-0.4, -0.2) is 24.5 Å². The molecule has 18 heavy (non-hydrogen) atoms. The Labute approximate surface area is 107 Å². The molecule has 0 bridgehead atoms. The predicted octanol–water partition coefficient (Wildman–Crippen LogP) is 2.95. The fourth-order valence-electron chi connectivity index (χ4n) is 1.10. The maximum atomic E-state index is 11.8. The summed E-state index contributed by atoms with van der Waals surface area (Å²) in [6.45, 7) is -0.139. The van der Waals surface area contributed by atoms with Crippen molar-refractivity contribution in [3.63, 3.8) is 0 Å². The van der Waals surface area contributed by atoms with E-state index >= 15 is 0 Å². The summed E-state index contributed by atoms with van der Waals surface area (Å²) in [5.41, 5.74) is 0.794. The lowest BCUT2D eigenvalue weighted by Crippen LogP contribution is -2.11. The highest BCUT2D eigenvalue weighted by Gasteiger charge is 2.26. The van der Waals surface area contributed by atoms with Crippen molar-refractivity contribution in [1.82, 2.24) is 0 Å². The molecule has 0 fully saturated rings. The van der Waals surface area contributed by atoms with Gasteiger partial charge in [0.15, 0.2) is 0 Å². The van der Waals surface area contributed by atoms with Crippen LogP contribution in [0, 0.1) is 11.8 Å². The van der Waals surface area contributed by atoms with E-state index in [1.54, 1.807) is 6.07 Å². The standard InChI is InChI=1S/C12H13F3O2S/c13-12(14,15)4-6-17-8-11-7-10(9-18-11)3-1-2-5-16/h7,9,16H,2,4-6,8H2. The number of alkyl halides is 3. The Hall–Kier alpha value is -1.03. The highest BCUT2D eigenvalue weighted by Crippen LogP contribution is 2.20. The van der Waals surface area contributed by atoms with E-state index in [0.717, 1.165) is 10.4 Å². The van der Waals surface area contributed by atoms with Gasteiger partial charge in [0.1, 0.15) is 0 Å². The molecule has 0 saturated carbocycles. The molecule has 1 heterocycles. The molecule has 0 aromatic carbocycles. The van der Waals surface area contributed by atoms with Gasteiger partial charge in [0.05, 0.1) is 26.2 Å². The Kier molecular flexibility index (Phi) is 6.19. The first-order valence-electron chi connectivity index (χ1n) is 5.33. The number of rotatable bonds is 5. The Bertz CT molecular complexity index is 415. The molecule has 1 aromatic heterocycles. The van der Waals surface area contributed by atoms with Crippen LogP contribution >= 0.6 is 11.3 Å². The van der Waals surface area contributed by atoms with Crippen LogP contribution in [0.5, 0.6) is 0 Å². The van der Waals surface area contributed by atoms with Gasteiger partial charge in [0.2, 0.25) is 0 Å². The molecule has 0 saturated heterocycles. The van der Waals surface area contributed by atoms with E-state index in [0.29, 0.717) is 6.42 Å². The highest BCUT2D eigenvalue weighted by atomic mass is 32.1. The molecular formula is C12H13F3O2S. The van der Waals surface area contributed by atoms with Crippen LogP contribution in [0.15, 0.2) is 11.4 Å². The average Bonchev–Trinajstić information content (AvgIpc) is 2.72. The van der Waals surface area contributed by atoms with Crippen molar-refractivity contribution >= 4 is 11.3 Å². The number of aliphatic hydroxyl groups excluding tert-OH is 1. The van der Waals surface area contributed by atoms with Gasteiger partial charge in [-0.05, 0) is 6.07 Å². The second-order valence-corrected chi connectivity index (χ2v) is 4.49. The molecule has 100 valence electrons. The first-order valence-corrected chi connectivity index (χ1v) is 6.21. The van der Waals surface area contributed by atoms with Crippen LogP contribution in [0.25, 0.3) is 0 Å². The lowest BCUT2D eigenvalue weighted by atomic mass is 10.3. The summed E-state index contributed by atoms with van der Waals surface area (Å²) >= 11 is 1.39. The van der Waals surface area contributed by atoms with Crippen molar-refractivity contribution in [2.24, 2.45) is 0 Å². The van der Waals surface area contributed by atoms with E-state index in [4.69, 9.17) is 9.84 Å². The van der Waals surface area contributed by atoms with E-state index < -0.39 is 12.6 Å². The van der Waals surface area contributed by atoms with Gasteiger partial charge in [-0.1, -0.05) is 11.8 Å². The van der Waals surface area contributed by atoms with E-state index in [9.17, 15) is 13.2 Å². The summed E-state index contributed by atoms with van der Waals surface area (Å²) in [6, 6.07) is 1.78. The van der Waals surface area contributed by atoms with E-state index in [1.807, 2.05) is 5.38 Å². The van der Waals surface area contributed by atoms with Gasteiger partial charge >= 0.3 is 6.18 Å². The van der Waals surface area contributed by atoms with Crippen LogP contribution < -0.4 is 0 Å². The molecule has 0 amide bonds. The Morgan fingerprint density at radius 3 is 2.83 bits per heavy atom. The molecule has 0 aliphatic heterocycles. The molecule has 0 unspecified atom stereocenters. The summed E-state index contributed by atoms with van der Waals surface area (Å²) in [4.78, 5) is 0.838. The first kappa shape index (κ1) is 15.0. The zero-order valence-corrected chi connectivity index (χ0v) is 10.4. The van der Waals surface area contributed by atoms with Gasteiger partial charge in [-0.2, -0.15) is 13.2 Å². The Morgan fingerprint density at radius 1 is 1.39 bits per heavy atom. The van der Waals surface area contributed by atoms with Crippen LogP contribution in [0.1, 0.15) is 23.3 Å². The van der Waals surface area contributed by atoms with Crippen molar-refractivity contribution in [2.75, 3.05) is 13.2 Å². The van der Waals surface area contributed by atoms with Crippen molar-refractivity contribution in [2.45, 2.75) is 25.6 Å². The smallest absolute Gasteiger partial charge is 0.391 e. The van der Waals surface area contributed by atoms with Crippen molar-refractivity contribution in [3.8, 4) is 11.8 Å². The molecule has 0 aliphatic carbocycles. The van der Waals surface area contributed by atoms with Crippen LogP contribution in [0.4, 0.5) is 13.2 Å². The third-order valence-electron chi connectivity index (χ3n) is 1.90. The lowest BCUT2D eigenvalue weighted by Gasteiger charge is -2.05. The minimum absolute atomic E-state index is 0.0184. The predicted molar refractivity (Wildman–Crippen MR) is 63.2 cm³/mol. The largest absolute Gasteiger partial charge is 0.395 e. The molecule has 0 spiro atoms. The van der Waals surface area contributed by atoms with Crippen LogP contribution in [-0.2, 0) is 11.3 Å². The lowest BCUT2D eigenvalue weighted by molar-refractivity contribution is -0.145. The molecule has 0 atom stereocenters. The molecule has 2 nitrogen and oxygen atoms in total. The maximum Gasteiger partial charge on any atom is 0.391 e. The fraction of sp³-hybridized carbons (Fsp3) is 0.500. The van der Waals surface area contributed by atoms with Crippen molar-refractivity contribution < 1.29 is 23.0 Å². The van der Waals surface area contributed by atoms with Gasteiger partial charge in [-0.15, -0.1) is 11.3 Å². The molecule has 1 rings (SSSR count). The van der Waals surface area contributed by atoms with Crippen LogP contribution in [0.2, 0.25) is 0 Å². The average molecular weight is 278 g/mol. The first-order chi connectivity index (χ1) is 8.51. The summed E-state index contributed by atoms with van der Waals surface area (Å²) < 4.78 is 40.5. The van der Waals surface area contributed by atoms with Gasteiger partial charge < -0.3 is 9.84 Å². The summed E-state index contributed by atoms with van der Waals surface area (Å²) in [5, 5.41) is 10.4.